The van der Waals surface area contributed by atoms with Crippen molar-refractivity contribution in [2.45, 2.75) is 13.0 Å². The van der Waals surface area contributed by atoms with Crippen molar-refractivity contribution in [1.29, 1.82) is 0 Å². The monoisotopic (exact) mass is 272 g/mol. The number of carbonyl (C=O) groups excluding carboxylic acids is 1. The molecule has 0 aliphatic carbocycles. The first-order valence-corrected chi connectivity index (χ1v) is 5.86. The fraction of sp³-hybridized carbons (Fsp3) is 0.417. The molecular weight excluding hydrogens is 256 g/mol. The van der Waals surface area contributed by atoms with Crippen molar-refractivity contribution in [2.75, 3.05) is 26.1 Å². The third-order valence-electron chi connectivity index (χ3n) is 2.66. The molecule has 0 bridgehead atoms. The molecule has 1 aromatic carbocycles. The van der Waals surface area contributed by atoms with Crippen molar-refractivity contribution in [1.82, 2.24) is 4.90 Å². The molecule has 0 saturated carbocycles. The SMILES string of the molecule is COc1c(Cl)cccc1NC(=O)N(C)C(C)CO. The minimum absolute atomic E-state index is 0.101. The summed E-state index contributed by atoms with van der Waals surface area (Å²) < 4.78 is 5.13. The molecule has 0 heterocycles. The van der Waals surface area contributed by atoms with Crippen LogP contribution < -0.4 is 10.1 Å². The number of nitrogens with one attached hydrogen (secondary N) is 1. The fourth-order valence-electron chi connectivity index (χ4n) is 1.34. The maximum absolute atomic E-state index is 11.9. The second-order valence-electron chi connectivity index (χ2n) is 3.89. The minimum atomic E-state index is -0.336. The zero-order valence-electron chi connectivity index (χ0n) is 10.6. The van der Waals surface area contributed by atoms with Gasteiger partial charge < -0.3 is 20.1 Å². The van der Waals surface area contributed by atoms with Gasteiger partial charge in [0.1, 0.15) is 0 Å². The first kappa shape index (κ1) is 14.6. The van der Waals surface area contributed by atoms with Gasteiger partial charge in [-0.2, -0.15) is 0 Å². The summed E-state index contributed by atoms with van der Waals surface area (Å²) in [7, 11) is 3.09. The Labute approximate surface area is 111 Å². The Morgan fingerprint density at radius 2 is 2.28 bits per heavy atom. The van der Waals surface area contributed by atoms with E-state index in [9.17, 15) is 4.79 Å². The number of rotatable bonds is 4. The number of methoxy groups -OCH3 is 1. The number of para-hydroxylation sites is 1. The van der Waals surface area contributed by atoms with Crippen LogP contribution in [0.3, 0.4) is 0 Å². The summed E-state index contributed by atoms with van der Waals surface area (Å²) in [5.41, 5.74) is 0.493. The summed E-state index contributed by atoms with van der Waals surface area (Å²) in [4.78, 5) is 13.3. The van der Waals surface area contributed by atoms with E-state index in [1.165, 1.54) is 12.0 Å². The number of urea groups is 1. The van der Waals surface area contributed by atoms with Gasteiger partial charge in [-0.15, -0.1) is 0 Å². The number of carbonyl (C=O) groups is 1. The van der Waals surface area contributed by atoms with Crippen LogP contribution in [0.4, 0.5) is 10.5 Å². The maximum Gasteiger partial charge on any atom is 0.322 e. The van der Waals surface area contributed by atoms with E-state index in [0.29, 0.717) is 16.5 Å². The fourth-order valence-corrected chi connectivity index (χ4v) is 1.59. The number of aliphatic hydroxyl groups is 1. The van der Waals surface area contributed by atoms with Crippen LogP contribution in [0, 0.1) is 0 Å². The molecule has 0 fully saturated rings. The average molecular weight is 273 g/mol. The van der Waals surface area contributed by atoms with E-state index in [4.69, 9.17) is 21.4 Å². The molecule has 1 rings (SSSR count). The van der Waals surface area contributed by atoms with E-state index in [2.05, 4.69) is 5.32 Å². The van der Waals surface area contributed by atoms with Crippen LogP contribution in [0.25, 0.3) is 0 Å². The van der Waals surface area contributed by atoms with Crippen molar-refractivity contribution in [3.05, 3.63) is 23.2 Å². The summed E-state index contributed by atoms with van der Waals surface area (Å²) in [5.74, 6) is 0.414. The van der Waals surface area contributed by atoms with Crippen molar-refractivity contribution in [3.63, 3.8) is 0 Å². The van der Waals surface area contributed by atoms with Crippen LogP contribution in [0.2, 0.25) is 5.02 Å². The topological polar surface area (TPSA) is 61.8 Å². The molecule has 0 aromatic heterocycles. The molecule has 18 heavy (non-hydrogen) atoms. The third kappa shape index (κ3) is 3.27. The molecule has 0 saturated heterocycles. The predicted molar refractivity (Wildman–Crippen MR) is 71.3 cm³/mol. The first-order valence-electron chi connectivity index (χ1n) is 5.48. The number of ether oxygens (including phenoxy) is 1. The van der Waals surface area contributed by atoms with Gasteiger partial charge in [-0.3, -0.25) is 0 Å². The minimum Gasteiger partial charge on any atom is -0.493 e. The lowest BCUT2D eigenvalue weighted by Crippen LogP contribution is -2.40. The number of nitrogens with zero attached hydrogens (tertiary/aromatic N) is 1. The summed E-state index contributed by atoms with van der Waals surface area (Å²) >= 11 is 5.95. The Morgan fingerprint density at radius 3 is 2.83 bits per heavy atom. The lowest BCUT2D eigenvalue weighted by atomic mass is 10.3. The van der Waals surface area contributed by atoms with Gasteiger partial charge >= 0.3 is 6.03 Å². The molecule has 1 atom stereocenters. The number of aliphatic hydroxyl groups excluding tert-OH is 1. The van der Waals surface area contributed by atoms with Gasteiger partial charge in [0.05, 0.1) is 30.5 Å². The molecule has 100 valence electrons. The van der Waals surface area contributed by atoms with E-state index in [0.717, 1.165) is 0 Å². The van der Waals surface area contributed by atoms with E-state index >= 15 is 0 Å². The highest BCUT2D eigenvalue weighted by Gasteiger charge is 2.17. The number of amides is 2. The van der Waals surface area contributed by atoms with E-state index in [1.54, 1.807) is 32.2 Å². The molecule has 1 unspecified atom stereocenters. The van der Waals surface area contributed by atoms with Crippen molar-refractivity contribution in [3.8, 4) is 5.75 Å². The molecular formula is C12H17ClN2O3. The Balaban J connectivity index is 2.85. The van der Waals surface area contributed by atoms with Crippen LogP contribution >= 0.6 is 11.6 Å². The molecule has 2 N–H and O–H groups in total. The van der Waals surface area contributed by atoms with Crippen molar-refractivity contribution >= 4 is 23.3 Å². The highest BCUT2D eigenvalue weighted by Crippen LogP contribution is 2.32. The van der Waals surface area contributed by atoms with Crippen LogP contribution in [0.15, 0.2) is 18.2 Å². The molecule has 5 nitrogen and oxygen atoms in total. The quantitative estimate of drug-likeness (QED) is 0.883. The van der Waals surface area contributed by atoms with Gasteiger partial charge in [-0.25, -0.2) is 4.79 Å². The molecule has 6 heteroatoms. The average Bonchev–Trinajstić information content (AvgIpc) is 2.37. The molecule has 0 aliphatic heterocycles. The Bertz CT molecular complexity index is 426. The standard InChI is InChI=1S/C12H17ClN2O3/c1-8(7-16)15(2)12(17)14-10-6-4-5-9(13)11(10)18-3/h4-6,8,16H,7H2,1-3H3,(H,14,17). The predicted octanol–water partition coefficient (Wildman–Crippen LogP) is 2.19. The third-order valence-corrected chi connectivity index (χ3v) is 2.96. The van der Waals surface area contributed by atoms with Gasteiger partial charge in [0.2, 0.25) is 0 Å². The van der Waals surface area contributed by atoms with Gasteiger partial charge in [-0.05, 0) is 19.1 Å². The van der Waals surface area contributed by atoms with E-state index in [1.807, 2.05) is 0 Å². The number of benzene rings is 1. The van der Waals surface area contributed by atoms with Crippen molar-refractivity contribution < 1.29 is 14.6 Å². The first-order chi connectivity index (χ1) is 8.51. The van der Waals surface area contributed by atoms with E-state index in [-0.39, 0.29) is 18.7 Å². The van der Waals surface area contributed by atoms with Gasteiger partial charge in [0.15, 0.2) is 5.75 Å². The summed E-state index contributed by atoms with van der Waals surface area (Å²) in [6.07, 6.45) is 0. The molecule has 0 spiro atoms. The number of hydrogen-bond donors (Lipinski definition) is 2. The largest absolute Gasteiger partial charge is 0.493 e. The normalized spacial score (nSPS) is 11.8. The Kier molecular flexibility index (Phi) is 5.25. The highest BCUT2D eigenvalue weighted by molar-refractivity contribution is 6.32. The van der Waals surface area contributed by atoms with Gasteiger partial charge in [-0.1, -0.05) is 17.7 Å². The zero-order valence-corrected chi connectivity index (χ0v) is 11.4. The Hall–Kier alpha value is -1.46. The number of likely N-dealkylation sites (N-methyl/N-ethyl adjacent to an activating group) is 1. The number of halogens is 1. The molecule has 0 radical (unpaired) electrons. The maximum atomic E-state index is 11.9. The second-order valence-corrected chi connectivity index (χ2v) is 4.30. The summed E-state index contributed by atoms with van der Waals surface area (Å²) in [5, 5.41) is 12.1. The Morgan fingerprint density at radius 1 is 1.61 bits per heavy atom. The molecule has 0 aliphatic rings. The van der Waals surface area contributed by atoms with Crippen LogP contribution in [-0.2, 0) is 0 Å². The van der Waals surface area contributed by atoms with Crippen LogP contribution in [0.1, 0.15) is 6.92 Å². The second kappa shape index (κ2) is 6.47. The smallest absolute Gasteiger partial charge is 0.322 e. The molecule has 2 amide bonds. The number of hydrogen-bond acceptors (Lipinski definition) is 3. The summed E-state index contributed by atoms with van der Waals surface area (Å²) in [6.45, 7) is 1.64. The number of anilines is 1. The van der Waals surface area contributed by atoms with Gasteiger partial charge in [0.25, 0.3) is 0 Å². The van der Waals surface area contributed by atoms with Crippen LogP contribution in [0.5, 0.6) is 5.75 Å². The van der Waals surface area contributed by atoms with Crippen LogP contribution in [-0.4, -0.2) is 42.8 Å². The van der Waals surface area contributed by atoms with Crippen molar-refractivity contribution in [2.24, 2.45) is 0 Å². The molecule has 1 aromatic rings. The van der Waals surface area contributed by atoms with E-state index < -0.39 is 0 Å². The lowest BCUT2D eigenvalue weighted by molar-refractivity contribution is 0.166. The summed E-state index contributed by atoms with van der Waals surface area (Å²) in [6, 6.07) is 4.49. The zero-order chi connectivity index (χ0) is 13.7. The highest BCUT2D eigenvalue weighted by atomic mass is 35.5. The lowest BCUT2D eigenvalue weighted by Gasteiger charge is -2.24. The van der Waals surface area contributed by atoms with Gasteiger partial charge in [0, 0.05) is 7.05 Å².